The van der Waals surface area contributed by atoms with E-state index in [2.05, 4.69) is 19.2 Å². The maximum absolute atomic E-state index is 11.2. The Morgan fingerprint density at radius 1 is 1.47 bits per heavy atom. The minimum Gasteiger partial charge on any atom is -0.376 e. The van der Waals surface area contributed by atoms with E-state index in [1.807, 2.05) is 0 Å². The Balaban J connectivity index is 2.31. The van der Waals surface area contributed by atoms with Crippen molar-refractivity contribution in [1.29, 1.82) is 0 Å². The highest BCUT2D eigenvalue weighted by atomic mass is 16.5. The molecule has 17 heavy (non-hydrogen) atoms. The zero-order valence-electron chi connectivity index (χ0n) is 11.1. The Morgan fingerprint density at radius 3 is 2.76 bits per heavy atom. The van der Waals surface area contributed by atoms with Crippen LogP contribution in [0.1, 0.15) is 46.0 Å². The minimum atomic E-state index is -0.343. The summed E-state index contributed by atoms with van der Waals surface area (Å²) >= 11 is 0. The number of carbonyl (C=O) groups excluding carboxylic acids is 1. The van der Waals surface area contributed by atoms with Crippen molar-refractivity contribution in [2.24, 2.45) is 11.7 Å². The SMILES string of the molecule is CCCNC(COC1CCCCC1C)C(N)=O. The van der Waals surface area contributed by atoms with E-state index >= 15 is 0 Å². The van der Waals surface area contributed by atoms with Crippen molar-refractivity contribution in [2.45, 2.75) is 58.1 Å². The summed E-state index contributed by atoms with van der Waals surface area (Å²) < 4.78 is 5.85. The van der Waals surface area contributed by atoms with Gasteiger partial charge in [-0.05, 0) is 31.7 Å². The van der Waals surface area contributed by atoms with E-state index in [1.54, 1.807) is 0 Å². The molecule has 0 aliphatic heterocycles. The fraction of sp³-hybridized carbons (Fsp3) is 0.923. The van der Waals surface area contributed by atoms with E-state index < -0.39 is 0 Å². The fourth-order valence-electron chi connectivity index (χ4n) is 2.31. The van der Waals surface area contributed by atoms with Crippen molar-refractivity contribution in [2.75, 3.05) is 13.2 Å². The van der Waals surface area contributed by atoms with E-state index in [-0.39, 0.29) is 11.9 Å². The van der Waals surface area contributed by atoms with Gasteiger partial charge in [-0.3, -0.25) is 4.79 Å². The third-order valence-corrected chi connectivity index (χ3v) is 3.49. The Bertz CT molecular complexity index is 233. The summed E-state index contributed by atoms with van der Waals surface area (Å²) in [6.45, 7) is 5.50. The lowest BCUT2D eigenvalue weighted by atomic mass is 9.88. The molecule has 1 amide bonds. The second-order valence-corrected chi connectivity index (χ2v) is 5.04. The first-order chi connectivity index (χ1) is 8.15. The number of carbonyl (C=O) groups is 1. The van der Waals surface area contributed by atoms with Crippen LogP contribution in [0.2, 0.25) is 0 Å². The highest BCUT2D eigenvalue weighted by Crippen LogP contribution is 2.26. The highest BCUT2D eigenvalue weighted by molar-refractivity contribution is 5.79. The average molecular weight is 242 g/mol. The van der Waals surface area contributed by atoms with Crippen molar-refractivity contribution in [3.8, 4) is 0 Å². The van der Waals surface area contributed by atoms with Gasteiger partial charge in [0.2, 0.25) is 5.91 Å². The Labute approximate surface area is 104 Å². The Hall–Kier alpha value is -0.610. The zero-order valence-corrected chi connectivity index (χ0v) is 11.1. The van der Waals surface area contributed by atoms with Crippen LogP contribution in [0.4, 0.5) is 0 Å². The molecule has 3 atom stereocenters. The van der Waals surface area contributed by atoms with Gasteiger partial charge in [-0.15, -0.1) is 0 Å². The van der Waals surface area contributed by atoms with Gasteiger partial charge in [-0.2, -0.15) is 0 Å². The molecular weight excluding hydrogens is 216 g/mol. The summed E-state index contributed by atoms with van der Waals surface area (Å²) in [6, 6.07) is -0.343. The maximum Gasteiger partial charge on any atom is 0.236 e. The predicted molar refractivity (Wildman–Crippen MR) is 68.6 cm³/mol. The molecule has 3 unspecified atom stereocenters. The zero-order chi connectivity index (χ0) is 12.7. The first kappa shape index (κ1) is 14.5. The summed E-state index contributed by atoms with van der Waals surface area (Å²) in [5.41, 5.74) is 5.35. The summed E-state index contributed by atoms with van der Waals surface area (Å²) in [7, 11) is 0. The normalized spacial score (nSPS) is 26.7. The molecular formula is C13H26N2O2. The molecule has 0 radical (unpaired) electrons. The van der Waals surface area contributed by atoms with E-state index in [0.29, 0.717) is 18.6 Å². The van der Waals surface area contributed by atoms with Crippen molar-refractivity contribution < 1.29 is 9.53 Å². The van der Waals surface area contributed by atoms with Crippen LogP contribution < -0.4 is 11.1 Å². The van der Waals surface area contributed by atoms with Crippen molar-refractivity contribution in [1.82, 2.24) is 5.32 Å². The molecule has 0 heterocycles. The van der Waals surface area contributed by atoms with Crippen LogP contribution in [-0.2, 0) is 9.53 Å². The van der Waals surface area contributed by atoms with E-state index in [4.69, 9.17) is 10.5 Å². The van der Waals surface area contributed by atoms with Crippen molar-refractivity contribution in [3.63, 3.8) is 0 Å². The number of rotatable bonds is 7. The second kappa shape index (κ2) is 7.67. The summed E-state index contributed by atoms with van der Waals surface area (Å²) in [5.74, 6) is 0.283. The molecule has 100 valence electrons. The van der Waals surface area contributed by atoms with Crippen LogP contribution >= 0.6 is 0 Å². The van der Waals surface area contributed by atoms with Crippen LogP contribution in [0.5, 0.6) is 0 Å². The maximum atomic E-state index is 11.2. The Morgan fingerprint density at radius 2 is 2.18 bits per heavy atom. The average Bonchev–Trinajstić information content (AvgIpc) is 2.31. The van der Waals surface area contributed by atoms with E-state index in [0.717, 1.165) is 19.4 Å². The van der Waals surface area contributed by atoms with Crippen LogP contribution in [0.3, 0.4) is 0 Å². The van der Waals surface area contributed by atoms with Crippen LogP contribution in [0.25, 0.3) is 0 Å². The lowest BCUT2D eigenvalue weighted by Gasteiger charge is -2.30. The molecule has 1 aliphatic rings. The summed E-state index contributed by atoms with van der Waals surface area (Å²) in [6.07, 6.45) is 6.17. The molecule has 0 saturated heterocycles. The van der Waals surface area contributed by atoms with Gasteiger partial charge >= 0.3 is 0 Å². The molecule has 1 rings (SSSR count). The molecule has 1 saturated carbocycles. The van der Waals surface area contributed by atoms with Gasteiger partial charge in [-0.25, -0.2) is 0 Å². The van der Waals surface area contributed by atoms with E-state index in [9.17, 15) is 4.79 Å². The molecule has 0 spiro atoms. The number of hydrogen-bond donors (Lipinski definition) is 2. The smallest absolute Gasteiger partial charge is 0.236 e. The number of primary amides is 1. The van der Waals surface area contributed by atoms with Crippen LogP contribution in [0, 0.1) is 5.92 Å². The van der Waals surface area contributed by atoms with Crippen molar-refractivity contribution in [3.05, 3.63) is 0 Å². The fourth-order valence-corrected chi connectivity index (χ4v) is 2.31. The second-order valence-electron chi connectivity index (χ2n) is 5.04. The number of ether oxygens (including phenoxy) is 1. The summed E-state index contributed by atoms with van der Waals surface area (Å²) in [5, 5.41) is 3.12. The topological polar surface area (TPSA) is 64.3 Å². The Kier molecular flexibility index (Phi) is 6.52. The molecule has 0 bridgehead atoms. The van der Waals surface area contributed by atoms with Crippen LogP contribution in [-0.4, -0.2) is 31.2 Å². The van der Waals surface area contributed by atoms with E-state index in [1.165, 1.54) is 19.3 Å². The number of hydrogen-bond acceptors (Lipinski definition) is 3. The first-order valence-electron chi connectivity index (χ1n) is 6.79. The van der Waals surface area contributed by atoms with Gasteiger partial charge in [0.1, 0.15) is 6.04 Å². The van der Waals surface area contributed by atoms with Crippen molar-refractivity contribution >= 4 is 5.91 Å². The quantitative estimate of drug-likeness (QED) is 0.710. The van der Waals surface area contributed by atoms with Gasteiger partial charge in [0.15, 0.2) is 0 Å². The molecule has 1 aliphatic carbocycles. The lowest BCUT2D eigenvalue weighted by molar-refractivity contribution is -0.122. The monoisotopic (exact) mass is 242 g/mol. The number of nitrogens with one attached hydrogen (secondary N) is 1. The number of nitrogens with two attached hydrogens (primary N) is 1. The standard InChI is InChI=1S/C13H26N2O2/c1-3-8-15-11(13(14)16)9-17-12-7-5-4-6-10(12)2/h10-12,15H,3-9H2,1-2H3,(H2,14,16). The molecule has 4 heteroatoms. The summed E-state index contributed by atoms with van der Waals surface area (Å²) in [4.78, 5) is 11.2. The molecule has 1 fully saturated rings. The van der Waals surface area contributed by atoms with Gasteiger partial charge in [0.05, 0.1) is 12.7 Å². The molecule has 0 aromatic rings. The molecule has 0 aromatic carbocycles. The molecule has 3 N–H and O–H groups in total. The highest BCUT2D eigenvalue weighted by Gasteiger charge is 2.24. The van der Waals surface area contributed by atoms with Gasteiger partial charge in [0.25, 0.3) is 0 Å². The third-order valence-electron chi connectivity index (χ3n) is 3.49. The molecule has 0 aromatic heterocycles. The third kappa shape index (κ3) is 5.04. The minimum absolute atomic E-state index is 0.300. The van der Waals surface area contributed by atoms with Crippen LogP contribution in [0.15, 0.2) is 0 Å². The van der Waals surface area contributed by atoms with Gasteiger partial charge in [0, 0.05) is 0 Å². The number of amides is 1. The largest absolute Gasteiger partial charge is 0.376 e. The van der Waals surface area contributed by atoms with Gasteiger partial charge in [-0.1, -0.05) is 26.7 Å². The lowest BCUT2D eigenvalue weighted by Crippen LogP contribution is -2.46. The predicted octanol–water partition coefficient (Wildman–Crippen LogP) is 1.44. The first-order valence-corrected chi connectivity index (χ1v) is 6.79. The molecule has 4 nitrogen and oxygen atoms in total. The van der Waals surface area contributed by atoms with Gasteiger partial charge < -0.3 is 15.8 Å².